The van der Waals surface area contributed by atoms with E-state index in [9.17, 15) is 4.79 Å². The van der Waals surface area contributed by atoms with Crippen molar-refractivity contribution >= 4 is 23.1 Å². The molecule has 0 saturated heterocycles. The number of anilines is 2. The molecule has 0 spiro atoms. The van der Waals surface area contributed by atoms with Crippen LogP contribution < -0.4 is 15.8 Å². The third-order valence-corrected chi connectivity index (χ3v) is 4.23. The summed E-state index contributed by atoms with van der Waals surface area (Å²) in [5, 5.41) is 20.1. The Balaban J connectivity index is 1.82. The first-order valence-corrected chi connectivity index (χ1v) is 9.30. The van der Waals surface area contributed by atoms with Crippen LogP contribution in [0.2, 0.25) is 0 Å². The maximum absolute atomic E-state index is 12.4. The topological polar surface area (TPSA) is 125 Å². The zero-order valence-electron chi connectivity index (χ0n) is 16.6. The minimum absolute atomic E-state index is 0.000578. The molecule has 7 heteroatoms. The van der Waals surface area contributed by atoms with Crippen LogP contribution in [0.25, 0.3) is 0 Å². The normalized spacial score (nSPS) is 10.3. The molecule has 3 rings (SSSR count). The molecule has 0 unspecified atom stereocenters. The van der Waals surface area contributed by atoms with Crippen LogP contribution in [-0.2, 0) is 0 Å². The van der Waals surface area contributed by atoms with Crippen molar-refractivity contribution in [2.24, 2.45) is 0 Å². The lowest BCUT2D eigenvalue weighted by Gasteiger charge is -2.14. The lowest BCUT2D eigenvalue weighted by molar-refractivity contribution is 0.102. The summed E-state index contributed by atoms with van der Waals surface area (Å²) in [6.45, 7) is 3.85. The number of nitrogens with one attached hydrogen (secondary N) is 2. The van der Waals surface area contributed by atoms with E-state index in [1.165, 1.54) is 6.20 Å². The van der Waals surface area contributed by atoms with Crippen molar-refractivity contribution in [2.75, 3.05) is 11.1 Å². The van der Waals surface area contributed by atoms with Crippen molar-refractivity contribution in [2.45, 2.75) is 20.0 Å². The number of pyridine rings is 1. The first kappa shape index (κ1) is 20.6. The summed E-state index contributed by atoms with van der Waals surface area (Å²) >= 11 is 0. The van der Waals surface area contributed by atoms with E-state index in [4.69, 9.17) is 21.1 Å². The molecule has 30 heavy (non-hydrogen) atoms. The largest absolute Gasteiger partial charge is 0.491 e. The van der Waals surface area contributed by atoms with Crippen molar-refractivity contribution in [1.82, 2.24) is 4.98 Å². The maximum Gasteiger partial charge on any atom is 0.256 e. The highest BCUT2D eigenvalue weighted by atomic mass is 16.5. The van der Waals surface area contributed by atoms with E-state index in [0.717, 1.165) is 0 Å². The minimum Gasteiger partial charge on any atom is -0.491 e. The van der Waals surface area contributed by atoms with E-state index >= 15 is 0 Å². The van der Waals surface area contributed by atoms with Crippen molar-refractivity contribution in [3.8, 4) is 11.8 Å². The van der Waals surface area contributed by atoms with Gasteiger partial charge in [-0.15, -0.1) is 0 Å². The number of carbonyl (C=O) groups excluding carboxylic acids is 1. The van der Waals surface area contributed by atoms with E-state index in [-0.39, 0.29) is 17.7 Å². The molecular formula is C23H21N5O2. The van der Waals surface area contributed by atoms with Gasteiger partial charge in [0.1, 0.15) is 11.6 Å². The summed E-state index contributed by atoms with van der Waals surface area (Å²) in [6, 6.07) is 16.8. The number of amides is 1. The molecule has 1 amide bonds. The van der Waals surface area contributed by atoms with Crippen LogP contribution >= 0.6 is 0 Å². The van der Waals surface area contributed by atoms with Crippen molar-refractivity contribution in [1.29, 1.82) is 10.7 Å². The summed E-state index contributed by atoms with van der Waals surface area (Å²) in [4.78, 5) is 16.6. The Morgan fingerprint density at radius 1 is 1.13 bits per heavy atom. The highest BCUT2D eigenvalue weighted by molar-refractivity contribution is 6.14. The number of benzene rings is 2. The van der Waals surface area contributed by atoms with Gasteiger partial charge in [-0.05, 0) is 68.4 Å². The monoisotopic (exact) mass is 399 g/mol. The lowest BCUT2D eigenvalue weighted by Crippen LogP contribution is -2.14. The standard InChI is InChI=1S/C23H21N5O2/c1-14(2)30-18-7-8-20(25)19(12-18)22(26)17-9-10-27-21(11-17)28-23(29)16-5-3-15(13-24)4-6-16/h3-12,14,26H,25H2,1-2H3,(H,27,28,29). The molecule has 1 aromatic heterocycles. The highest BCUT2D eigenvalue weighted by Crippen LogP contribution is 2.24. The third kappa shape index (κ3) is 4.80. The summed E-state index contributed by atoms with van der Waals surface area (Å²) in [7, 11) is 0. The smallest absolute Gasteiger partial charge is 0.256 e. The third-order valence-electron chi connectivity index (χ3n) is 4.23. The molecule has 0 bridgehead atoms. The number of nitrogens with zero attached hydrogens (tertiary/aromatic N) is 2. The van der Waals surface area contributed by atoms with Crippen LogP contribution in [0.5, 0.6) is 5.75 Å². The zero-order chi connectivity index (χ0) is 21.7. The number of nitriles is 1. The molecule has 0 saturated carbocycles. The first-order chi connectivity index (χ1) is 14.4. The molecule has 0 aliphatic carbocycles. The van der Waals surface area contributed by atoms with Crippen molar-refractivity contribution in [3.63, 3.8) is 0 Å². The predicted molar refractivity (Wildman–Crippen MR) is 116 cm³/mol. The molecule has 3 aromatic rings. The number of carbonyl (C=O) groups is 1. The second kappa shape index (κ2) is 8.88. The summed E-state index contributed by atoms with van der Waals surface area (Å²) in [6.07, 6.45) is 1.52. The van der Waals surface area contributed by atoms with Gasteiger partial charge in [0.2, 0.25) is 0 Å². The Bertz CT molecular complexity index is 1130. The van der Waals surface area contributed by atoms with Crippen LogP contribution in [0.1, 0.15) is 40.9 Å². The Labute approximate surface area is 174 Å². The first-order valence-electron chi connectivity index (χ1n) is 9.30. The maximum atomic E-state index is 12.4. The fourth-order valence-electron chi connectivity index (χ4n) is 2.79. The SMILES string of the molecule is CC(C)Oc1ccc(N)c(C(=N)c2ccnc(NC(=O)c3ccc(C#N)cc3)c2)c1. The van der Waals surface area contributed by atoms with Crippen LogP contribution in [0.4, 0.5) is 11.5 Å². The van der Waals surface area contributed by atoms with Crippen LogP contribution in [-0.4, -0.2) is 22.7 Å². The molecule has 1 heterocycles. The molecule has 7 nitrogen and oxygen atoms in total. The highest BCUT2D eigenvalue weighted by Gasteiger charge is 2.13. The number of nitrogens with two attached hydrogens (primary N) is 1. The molecular weight excluding hydrogens is 378 g/mol. The zero-order valence-corrected chi connectivity index (χ0v) is 16.6. The van der Waals surface area contributed by atoms with Crippen LogP contribution in [0.15, 0.2) is 60.8 Å². The number of rotatable bonds is 6. The molecule has 4 N–H and O–H groups in total. The van der Waals surface area contributed by atoms with Gasteiger partial charge in [0.15, 0.2) is 0 Å². The number of nitrogen functional groups attached to an aromatic ring is 1. The fraction of sp³-hybridized carbons (Fsp3) is 0.130. The van der Waals surface area contributed by atoms with Gasteiger partial charge in [-0.1, -0.05) is 0 Å². The fourth-order valence-corrected chi connectivity index (χ4v) is 2.79. The van der Waals surface area contributed by atoms with Gasteiger partial charge in [0.05, 0.1) is 23.4 Å². The summed E-state index contributed by atoms with van der Waals surface area (Å²) in [5.41, 5.74) is 8.68. The predicted octanol–water partition coefficient (Wildman–Crippen LogP) is 3.99. The number of ether oxygens (including phenoxy) is 1. The van der Waals surface area contributed by atoms with E-state index in [1.54, 1.807) is 54.6 Å². The van der Waals surface area contributed by atoms with Gasteiger partial charge in [-0.2, -0.15) is 5.26 Å². The average Bonchev–Trinajstić information content (AvgIpc) is 2.74. The van der Waals surface area contributed by atoms with Crippen LogP contribution in [0.3, 0.4) is 0 Å². The van der Waals surface area contributed by atoms with E-state index in [1.807, 2.05) is 19.9 Å². The summed E-state index contributed by atoms with van der Waals surface area (Å²) in [5.74, 6) is 0.574. The lowest BCUT2D eigenvalue weighted by atomic mass is 10.0. The Kier molecular flexibility index (Phi) is 6.08. The van der Waals surface area contributed by atoms with E-state index < -0.39 is 0 Å². The van der Waals surface area contributed by atoms with Gasteiger partial charge < -0.3 is 15.8 Å². The second-order valence-electron chi connectivity index (χ2n) is 6.86. The van der Waals surface area contributed by atoms with E-state index in [2.05, 4.69) is 10.3 Å². The molecule has 150 valence electrons. The molecule has 2 aromatic carbocycles. The molecule has 0 fully saturated rings. The number of aromatic nitrogens is 1. The quantitative estimate of drug-likeness (QED) is 0.427. The molecule has 0 atom stereocenters. The van der Waals surface area contributed by atoms with Crippen molar-refractivity contribution in [3.05, 3.63) is 83.0 Å². The minimum atomic E-state index is -0.359. The molecule has 0 radical (unpaired) electrons. The van der Waals surface area contributed by atoms with Gasteiger partial charge in [-0.25, -0.2) is 4.98 Å². The Morgan fingerprint density at radius 3 is 2.53 bits per heavy atom. The Morgan fingerprint density at radius 2 is 1.87 bits per heavy atom. The van der Waals surface area contributed by atoms with E-state index in [0.29, 0.717) is 39.5 Å². The molecule has 0 aliphatic heterocycles. The van der Waals surface area contributed by atoms with Gasteiger partial charge >= 0.3 is 0 Å². The molecule has 0 aliphatic rings. The second-order valence-corrected chi connectivity index (χ2v) is 6.86. The summed E-state index contributed by atoms with van der Waals surface area (Å²) < 4.78 is 5.70. The van der Waals surface area contributed by atoms with Gasteiger partial charge in [0, 0.05) is 28.6 Å². The van der Waals surface area contributed by atoms with Gasteiger partial charge in [0.25, 0.3) is 5.91 Å². The average molecular weight is 399 g/mol. The number of hydrogen-bond acceptors (Lipinski definition) is 6. The van der Waals surface area contributed by atoms with Crippen LogP contribution in [0, 0.1) is 16.7 Å². The van der Waals surface area contributed by atoms with Crippen molar-refractivity contribution < 1.29 is 9.53 Å². The van der Waals surface area contributed by atoms with Gasteiger partial charge in [-0.3, -0.25) is 10.2 Å². The number of hydrogen-bond donors (Lipinski definition) is 3. The Hall–Kier alpha value is -4.18.